The zero-order valence-corrected chi connectivity index (χ0v) is 9.73. The third-order valence-corrected chi connectivity index (χ3v) is 2.87. The molecule has 0 aromatic heterocycles. The molecule has 2 aromatic carbocycles. The van der Waals surface area contributed by atoms with Gasteiger partial charge in [0, 0.05) is 4.90 Å². The molecular weight excluding hydrogens is 240 g/mol. The van der Waals surface area contributed by atoms with Crippen molar-refractivity contribution in [3.05, 3.63) is 35.3 Å². The predicted octanol–water partition coefficient (Wildman–Crippen LogP) is 2.98. The maximum absolute atomic E-state index is 11.4. The Morgan fingerprint density at radius 2 is 2.12 bits per heavy atom. The molecule has 0 saturated carbocycles. The molecule has 2 aromatic rings. The van der Waals surface area contributed by atoms with Crippen LogP contribution >= 0.6 is 12.0 Å². The summed E-state index contributed by atoms with van der Waals surface area (Å²) in [4.78, 5) is 8.31. The Hall–Kier alpha value is -1.81. The van der Waals surface area contributed by atoms with Gasteiger partial charge in [0.25, 0.3) is 0 Å². The zero-order valence-electron chi connectivity index (χ0n) is 8.91. The molecular formula is C11H8N2O3S. The van der Waals surface area contributed by atoms with Crippen LogP contribution in [0.3, 0.4) is 0 Å². The number of benzene rings is 2. The highest BCUT2D eigenvalue weighted by Gasteiger charge is 2.13. The molecule has 0 fully saturated rings. The first-order valence-corrected chi connectivity index (χ1v) is 5.46. The molecule has 0 aliphatic rings. The summed E-state index contributed by atoms with van der Waals surface area (Å²) in [7, 11) is 1.42. The average Bonchev–Trinajstić information content (AvgIpc) is 2.36. The standard InChI is InChI=1S/C11H8N2O3S/c1-15-16-17-8-3-4-9-7(6-8)2-5-10(14)11(9)13-12/h2-6H,1H3. The van der Waals surface area contributed by atoms with Crippen molar-refractivity contribution in [3.8, 4) is 5.75 Å². The Bertz CT molecular complexity index is 595. The van der Waals surface area contributed by atoms with Crippen molar-refractivity contribution in [2.45, 2.75) is 4.90 Å². The van der Waals surface area contributed by atoms with Crippen molar-refractivity contribution in [3.63, 3.8) is 0 Å². The first kappa shape index (κ1) is 11.7. The second kappa shape index (κ2) is 5.01. The van der Waals surface area contributed by atoms with E-state index in [4.69, 9.17) is 9.73 Å². The normalized spacial score (nSPS) is 10.4. The molecule has 0 saturated heterocycles. The number of fused-ring (bicyclic) bond motifs is 1. The minimum absolute atomic E-state index is 0.0479. The summed E-state index contributed by atoms with van der Waals surface area (Å²) < 4.78 is 4.73. The molecule has 0 radical (unpaired) electrons. The van der Waals surface area contributed by atoms with Gasteiger partial charge in [0.15, 0.2) is 4.98 Å². The Labute approximate surface area is 102 Å². The summed E-state index contributed by atoms with van der Waals surface area (Å²) in [6.07, 6.45) is 0. The van der Waals surface area contributed by atoms with E-state index in [1.807, 2.05) is 6.07 Å². The summed E-state index contributed by atoms with van der Waals surface area (Å²) in [5, 5.41) is 21.6. The molecule has 0 atom stereocenters. The maximum Gasteiger partial charge on any atom is 0.385 e. The van der Waals surface area contributed by atoms with Gasteiger partial charge in [0.1, 0.15) is 0 Å². The third-order valence-electron chi connectivity index (χ3n) is 2.22. The number of diazo groups is 1. The fraction of sp³-hybridized carbons (Fsp3) is 0.0909. The van der Waals surface area contributed by atoms with Crippen molar-refractivity contribution in [1.82, 2.24) is 0 Å². The molecule has 17 heavy (non-hydrogen) atoms. The van der Waals surface area contributed by atoms with E-state index in [0.717, 1.165) is 22.3 Å². The highest BCUT2D eigenvalue weighted by Crippen LogP contribution is 2.35. The summed E-state index contributed by atoms with van der Waals surface area (Å²) in [5.41, 5.74) is 0.0479. The fourth-order valence-electron chi connectivity index (χ4n) is 1.50. The van der Waals surface area contributed by atoms with Gasteiger partial charge in [-0.25, -0.2) is 4.89 Å². The molecule has 0 spiro atoms. The van der Waals surface area contributed by atoms with E-state index in [1.165, 1.54) is 13.2 Å². The van der Waals surface area contributed by atoms with Crippen molar-refractivity contribution >= 4 is 28.5 Å². The molecule has 0 amide bonds. The molecule has 0 aliphatic carbocycles. The van der Waals surface area contributed by atoms with Crippen molar-refractivity contribution in [2.24, 2.45) is 0 Å². The van der Waals surface area contributed by atoms with Crippen LogP contribution < -0.4 is 5.11 Å². The Balaban J connectivity index is 2.50. The Kier molecular flexibility index (Phi) is 3.44. The van der Waals surface area contributed by atoms with Crippen LogP contribution in [0.4, 0.5) is 5.69 Å². The van der Waals surface area contributed by atoms with Gasteiger partial charge in [-0.2, -0.15) is 4.33 Å². The first-order chi connectivity index (χ1) is 8.26. The highest BCUT2D eigenvalue weighted by molar-refractivity contribution is 7.94. The number of rotatable bonds is 3. The van der Waals surface area contributed by atoms with Gasteiger partial charge in [0.05, 0.1) is 24.5 Å². The van der Waals surface area contributed by atoms with E-state index in [-0.39, 0.29) is 11.4 Å². The van der Waals surface area contributed by atoms with Crippen molar-refractivity contribution < 1.29 is 14.3 Å². The van der Waals surface area contributed by atoms with Gasteiger partial charge >= 0.3 is 5.69 Å². The van der Waals surface area contributed by atoms with Gasteiger partial charge in [-0.1, -0.05) is 12.1 Å². The van der Waals surface area contributed by atoms with Crippen LogP contribution in [0.1, 0.15) is 0 Å². The van der Waals surface area contributed by atoms with E-state index in [9.17, 15) is 5.11 Å². The van der Waals surface area contributed by atoms with E-state index < -0.39 is 0 Å². The van der Waals surface area contributed by atoms with E-state index in [2.05, 4.69) is 9.86 Å². The largest absolute Gasteiger partial charge is 0.867 e. The minimum Gasteiger partial charge on any atom is -0.867 e. The highest BCUT2D eigenvalue weighted by atomic mass is 32.2. The van der Waals surface area contributed by atoms with Crippen LogP contribution in [0.5, 0.6) is 5.75 Å². The van der Waals surface area contributed by atoms with Gasteiger partial charge in [-0.15, -0.1) is 0 Å². The van der Waals surface area contributed by atoms with Crippen LogP contribution in [0, 0.1) is 5.39 Å². The summed E-state index contributed by atoms with van der Waals surface area (Å²) in [6, 6.07) is 8.30. The second-order valence-corrected chi connectivity index (χ2v) is 3.99. The predicted molar refractivity (Wildman–Crippen MR) is 62.1 cm³/mol. The van der Waals surface area contributed by atoms with Crippen LogP contribution in [0.15, 0.2) is 35.2 Å². The maximum atomic E-state index is 11.4. The Morgan fingerprint density at radius 1 is 1.29 bits per heavy atom. The van der Waals surface area contributed by atoms with E-state index >= 15 is 0 Å². The zero-order chi connectivity index (χ0) is 12.3. The van der Waals surface area contributed by atoms with E-state index in [1.54, 1.807) is 18.2 Å². The SMILES string of the molecule is COOSc1ccc2c([N+]#N)c([O-])ccc2c1. The van der Waals surface area contributed by atoms with E-state index in [0.29, 0.717) is 5.39 Å². The number of nitrogens with zero attached hydrogens (tertiary/aromatic N) is 2. The van der Waals surface area contributed by atoms with Crippen LogP contribution in [0.25, 0.3) is 15.7 Å². The minimum atomic E-state index is -0.312. The summed E-state index contributed by atoms with van der Waals surface area (Å²) in [6.45, 7) is 0. The van der Waals surface area contributed by atoms with Gasteiger partial charge in [0.2, 0.25) is 5.39 Å². The monoisotopic (exact) mass is 248 g/mol. The van der Waals surface area contributed by atoms with Crippen molar-refractivity contribution in [2.75, 3.05) is 7.11 Å². The number of hydrogen-bond donors (Lipinski definition) is 0. The van der Waals surface area contributed by atoms with Crippen LogP contribution in [-0.4, -0.2) is 7.11 Å². The smallest absolute Gasteiger partial charge is 0.385 e. The van der Waals surface area contributed by atoms with Gasteiger partial charge in [-0.05, 0) is 29.3 Å². The lowest BCUT2D eigenvalue weighted by Gasteiger charge is -2.04. The molecule has 2 rings (SSSR count). The molecule has 0 N–H and O–H groups in total. The molecule has 0 unspecified atom stereocenters. The third kappa shape index (κ3) is 2.31. The lowest BCUT2D eigenvalue weighted by Crippen LogP contribution is -1.89. The summed E-state index contributed by atoms with van der Waals surface area (Å²) >= 11 is 1.06. The molecule has 0 bridgehead atoms. The van der Waals surface area contributed by atoms with Crippen LogP contribution in [-0.2, 0) is 9.22 Å². The molecule has 0 aliphatic heterocycles. The lowest BCUT2D eigenvalue weighted by atomic mass is 10.1. The first-order valence-electron chi connectivity index (χ1n) is 4.72. The summed E-state index contributed by atoms with van der Waals surface area (Å²) in [5.74, 6) is -0.312. The average molecular weight is 248 g/mol. The quantitative estimate of drug-likeness (QED) is 0.361. The fourth-order valence-corrected chi connectivity index (χ4v) is 1.95. The molecule has 5 nitrogen and oxygen atoms in total. The van der Waals surface area contributed by atoms with Gasteiger partial charge < -0.3 is 5.11 Å². The number of hydrogen-bond acceptors (Lipinski definition) is 5. The second-order valence-electron chi connectivity index (χ2n) is 3.21. The van der Waals surface area contributed by atoms with Crippen LogP contribution in [0.2, 0.25) is 0 Å². The van der Waals surface area contributed by atoms with Gasteiger partial charge in [-0.3, -0.25) is 0 Å². The lowest BCUT2D eigenvalue weighted by molar-refractivity contribution is -0.266. The molecule has 0 heterocycles. The topological polar surface area (TPSA) is 69.7 Å². The molecule has 86 valence electrons. The van der Waals surface area contributed by atoms with Crippen molar-refractivity contribution in [1.29, 1.82) is 5.39 Å². The molecule has 6 heteroatoms. The Morgan fingerprint density at radius 3 is 2.82 bits per heavy atom.